The zero-order chi connectivity index (χ0) is 13.6. The maximum Gasteiger partial charge on any atom is 0.184 e. The first-order valence-corrected chi connectivity index (χ1v) is 6.35. The summed E-state index contributed by atoms with van der Waals surface area (Å²) in [5, 5.41) is 12.4. The number of para-hydroxylation sites is 1. The standard InChI is InChI=1S/C15H22N2O/c1-5-13(10-16)18-14-9-7-6-8-12(14)11-17-15(2,3)4/h6-9,13,17H,5,11H2,1-4H3. The molecule has 0 aliphatic carbocycles. The van der Waals surface area contributed by atoms with Crippen molar-refractivity contribution in [3.05, 3.63) is 29.8 Å². The highest BCUT2D eigenvalue weighted by atomic mass is 16.5. The normalized spacial score (nSPS) is 12.8. The van der Waals surface area contributed by atoms with Gasteiger partial charge >= 0.3 is 0 Å². The molecule has 3 heteroatoms. The van der Waals surface area contributed by atoms with E-state index in [4.69, 9.17) is 10.00 Å². The number of hydrogen-bond donors (Lipinski definition) is 1. The third-order valence-electron chi connectivity index (χ3n) is 2.57. The van der Waals surface area contributed by atoms with Crippen molar-refractivity contribution in [2.45, 2.75) is 52.3 Å². The largest absolute Gasteiger partial charge is 0.475 e. The summed E-state index contributed by atoms with van der Waals surface area (Å²) in [4.78, 5) is 0. The van der Waals surface area contributed by atoms with Crippen LogP contribution in [0.25, 0.3) is 0 Å². The van der Waals surface area contributed by atoms with Crippen LogP contribution in [0.5, 0.6) is 5.75 Å². The molecule has 0 fully saturated rings. The van der Waals surface area contributed by atoms with Gasteiger partial charge in [-0.25, -0.2) is 0 Å². The third kappa shape index (κ3) is 4.77. The highest BCUT2D eigenvalue weighted by Crippen LogP contribution is 2.20. The van der Waals surface area contributed by atoms with Crippen LogP contribution >= 0.6 is 0 Å². The summed E-state index contributed by atoms with van der Waals surface area (Å²) in [6, 6.07) is 10.0. The molecule has 0 saturated carbocycles. The maximum atomic E-state index is 8.95. The highest BCUT2D eigenvalue weighted by Gasteiger charge is 2.13. The van der Waals surface area contributed by atoms with Crippen molar-refractivity contribution >= 4 is 0 Å². The molecule has 0 spiro atoms. The van der Waals surface area contributed by atoms with Crippen LogP contribution in [0.2, 0.25) is 0 Å². The molecule has 0 aliphatic rings. The molecule has 1 unspecified atom stereocenters. The Bertz CT molecular complexity index is 415. The Balaban J connectivity index is 2.77. The number of nitrogens with zero attached hydrogens (tertiary/aromatic N) is 1. The third-order valence-corrected chi connectivity index (χ3v) is 2.57. The summed E-state index contributed by atoms with van der Waals surface area (Å²) in [5.74, 6) is 0.794. The predicted octanol–water partition coefficient (Wildman–Crippen LogP) is 3.26. The van der Waals surface area contributed by atoms with Gasteiger partial charge in [0, 0.05) is 17.6 Å². The summed E-state index contributed by atoms with van der Waals surface area (Å²) >= 11 is 0. The smallest absolute Gasteiger partial charge is 0.184 e. The molecule has 0 heterocycles. The van der Waals surface area contributed by atoms with Crippen molar-refractivity contribution in [3.8, 4) is 11.8 Å². The minimum atomic E-state index is -0.374. The number of benzene rings is 1. The van der Waals surface area contributed by atoms with E-state index < -0.39 is 0 Å². The van der Waals surface area contributed by atoms with Gasteiger partial charge in [-0.2, -0.15) is 5.26 Å². The first-order chi connectivity index (χ1) is 8.46. The van der Waals surface area contributed by atoms with E-state index in [1.807, 2.05) is 31.2 Å². The second kappa shape index (κ2) is 6.42. The topological polar surface area (TPSA) is 45.0 Å². The van der Waals surface area contributed by atoms with Gasteiger partial charge in [-0.15, -0.1) is 0 Å². The number of nitrogens with one attached hydrogen (secondary N) is 1. The minimum Gasteiger partial charge on any atom is -0.475 e. The average Bonchev–Trinajstić information content (AvgIpc) is 2.33. The van der Waals surface area contributed by atoms with Crippen molar-refractivity contribution < 1.29 is 4.74 Å². The monoisotopic (exact) mass is 246 g/mol. The van der Waals surface area contributed by atoms with Crippen molar-refractivity contribution in [1.82, 2.24) is 5.32 Å². The predicted molar refractivity (Wildman–Crippen MR) is 73.4 cm³/mol. The number of hydrogen-bond acceptors (Lipinski definition) is 3. The number of rotatable bonds is 5. The van der Waals surface area contributed by atoms with Crippen LogP contribution < -0.4 is 10.1 Å². The Hall–Kier alpha value is -1.53. The molecule has 1 rings (SSSR count). The fourth-order valence-corrected chi connectivity index (χ4v) is 1.48. The molecular weight excluding hydrogens is 224 g/mol. The Labute approximate surface area is 110 Å². The van der Waals surface area contributed by atoms with E-state index in [1.165, 1.54) is 0 Å². The van der Waals surface area contributed by atoms with E-state index in [0.29, 0.717) is 6.42 Å². The van der Waals surface area contributed by atoms with Crippen LogP contribution in [-0.2, 0) is 6.54 Å². The van der Waals surface area contributed by atoms with E-state index in [0.717, 1.165) is 17.9 Å². The lowest BCUT2D eigenvalue weighted by Crippen LogP contribution is -2.35. The number of nitriles is 1. The van der Waals surface area contributed by atoms with Gasteiger partial charge in [0.25, 0.3) is 0 Å². The lowest BCUT2D eigenvalue weighted by molar-refractivity contribution is 0.248. The van der Waals surface area contributed by atoms with Crippen LogP contribution in [0.1, 0.15) is 39.7 Å². The van der Waals surface area contributed by atoms with E-state index in [-0.39, 0.29) is 11.6 Å². The van der Waals surface area contributed by atoms with E-state index in [2.05, 4.69) is 32.2 Å². The van der Waals surface area contributed by atoms with E-state index in [9.17, 15) is 0 Å². The van der Waals surface area contributed by atoms with E-state index >= 15 is 0 Å². The van der Waals surface area contributed by atoms with Gasteiger partial charge < -0.3 is 10.1 Å². The lowest BCUT2D eigenvalue weighted by Gasteiger charge is -2.22. The van der Waals surface area contributed by atoms with Crippen LogP contribution in [0, 0.1) is 11.3 Å². The molecule has 1 aromatic rings. The molecule has 1 aromatic carbocycles. The quantitative estimate of drug-likeness (QED) is 0.867. The first-order valence-electron chi connectivity index (χ1n) is 6.35. The number of ether oxygens (including phenoxy) is 1. The molecule has 1 atom stereocenters. The molecule has 0 bridgehead atoms. The van der Waals surface area contributed by atoms with Crippen LogP contribution in [0.4, 0.5) is 0 Å². The fourth-order valence-electron chi connectivity index (χ4n) is 1.48. The van der Waals surface area contributed by atoms with Crippen molar-refractivity contribution in [3.63, 3.8) is 0 Å². The Morgan fingerprint density at radius 2 is 2.00 bits per heavy atom. The summed E-state index contributed by atoms with van der Waals surface area (Å²) in [6.07, 6.45) is 0.318. The molecule has 0 saturated heterocycles. The van der Waals surface area contributed by atoms with Crippen LogP contribution in [0.15, 0.2) is 24.3 Å². The SMILES string of the molecule is CCC(C#N)Oc1ccccc1CNC(C)(C)C. The second-order valence-corrected chi connectivity index (χ2v) is 5.36. The van der Waals surface area contributed by atoms with Gasteiger partial charge in [-0.3, -0.25) is 0 Å². The second-order valence-electron chi connectivity index (χ2n) is 5.36. The van der Waals surface area contributed by atoms with Gasteiger partial charge in [-0.05, 0) is 33.3 Å². The average molecular weight is 246 g/mol. The van der Waals surface area contributed by atoms with Gasteiger partial charge in [0.15, 0.2) is 6.10 Å². The minimum absolute atomic E-state index is 0.0620. The molecule has 3 nitrogen and oxygen atoms in total. The molecule has 1 N–H and O–H groups in total. The maximum absolute atomic E-state index is 8.95. The van der Waals surface area contributed by atoms with Crippen LogP contribution in [0.3, 0.4) is 0 Å². The van der Waals surface area contributed by atoms with Crippen molar-refractivity contribution in [2.75, 3.05) is 0 Å². The fraction of sp³-hybridized carbons (Fsp3) is 0.533. The zero-order valence-corrected chi connectivity index (χ0v) is 11.7. The van der Waals surface area contributed by atoms with Gasteiger partial charge in [0.2, 0.25) is 0 Å². The molecule has 98 valence electrons. The van der Waals surface area contributed by atoms with Gasteiger partial charge in [0.05, 0.1) is 0 Å². The Morgan fingerprint density at radius 3 is 2.56 bits per heavy atom. The molecule has 0 radical (unpaired) electrons. The first kappa shape index (κ1) is 14.5. The Morgan fingerprint density at radius 1 is 1.33 bits per heavy atom. The summed E-state index contributed by atoms with van der Waals surface area (Å²) in [6.45, 7) is 9.06. The molecule has 0 aliphatic heterocycles. The molecule has 18 heavy (non-hydrogen) atoms. The van der Waals surface area contributed by atoms with Crippen molar-refractivity contribution in [1.29, 1.82) is 5.26 Å². The molecule has 0 aromatic heterocycles. The summed E-state index contributed by atoms with van der Waals surface area (Å²) < 4.78 is 5.71. The van der Waals surface area contributed by atoms with Crippen LogP contribution in [-0.4, -0.2) is 11.6 Å². The highest BCUT2D eigenvalue weighted by molar-refractivity contribution is 5.33. The summed E-state index contributed by atoms with van der Waals surface area (Å²) in [7, 11) is 0. The molecule has 0 amide bonds. The molecular formula is C15H22N2O. The summed E-state index contributed by atoms with van der Waals surface area (Å²) in [5.41, 5.74) is 1.15. The van der Waals surface area contributed by atoms with Crippen molar-refractivity contribution in [2.24, 2.45) is 0 Å². The van der Waals surface area contributed by atoms with Gasteiger partial charge in [-0.1, -0.05) is 25.1 Å². The zero-order valence-electron chi connectivity index (χ0n) is 11.7. The lowest BCUT2D eigenvalue weighted by atomic mass is 10.1. The Kier molecular flexibility index (Phi) is 5.18. The van der Waals surface area contributed by atoms with E-state index in [1.54, 1.807) is 0 Å². The van der Waals surface area contributed by atoms with Gasteiger partial charge in [0.1, 0.15) is 11.8 Å².